The van der Waals surface area contributed by atoms with Crippen molar-refractivity contribution >= 4 is 24.0 Å². The normalized spacial score (nSPS) is 23.1. The van der Waals surface area contributed by atoms with Crippen LogP contribution in [0.25, 0.3) is 0 Å². The van der Waals surface area contributed by atoms with Crippen LogP contribution >= 0.6 is 11.8 Å². The van der Waals surface area contributed by atoms with Gasteiger partial charge in [-0.1, -0.05) is 19.1 Å². The number of carbonyl (C=O) groups excluding carboxylic acids is 2. The molecule has 3 rings (SSSR count). The Bertz CT molecular complexity index is 1080. The van der Waals surface area contributed by atoms with Gasteiger partial charge in [-0.25, -0.2) is 9.59 Å². The van der Waals surface area contributed by atoms with Crippen molar-refractivity contribution in [3.63, 3.8) is 0 Å². The lowest BCUT2D eigenvalue weighted by atomic mass is 9.99. The van der Waals surface area contributed by atoms with Gasteiger partial charge in [0.05, 0.1) is 18.9 Å². The third-order valence-electron chi connectivity index (χ3n) is 5.78. The van der Waals surface area contributed by atoms with Crippen molar-refractivity contribution in [3.8, 4) is 5.88 Å². The zero-order valence-electron chi connectivity index (χ0n) is 21.7. The Labute approximate surface area is 224 Å². The second kappa shape index (κ2) is 13.8. The maximum atomic E-state index is 12.5. The number of nitrogens with zero attached hydrogens (tertiary/aromatic N) is 2. The van der Waals surface area contributed by atoms with Gasteiger partial charge in [0.1, 0.15) is 31.0 Å². The molecule has 1 unspecified atom stereocenters. The molecular formula is C25H34N2O10S. The number of thioether (sulfide) groups is 1. The third-order valence-corrected chi connectivity index (χ3v) is 6.68. The highest BCUT2D eigenvalue weighted by atomic mass is 32.2. The first-order valence-corrected chi connectivity index (χ1v) is 13.3. The molecule has 2 aromatic rings. The molecule has 210 valence electrons. The molecule has 0 radical (unpaired) electrons. The van der Waals surface area contributed by atoms with E-state index in [2.05, 4.69) is 12.0 Å². The maximum absolute atomic E-state index is 12.5. The Hall–Kier alpha value is -2.84. The van der Waals surface area contributed by atoms with Crippen LogP contribution in [-0.4, -0.2) is 93.6 Å². The number of aromatic nitrogens is 2. The van der Waals surface area contributed by atoms with E-state index in [1.807, 2.05) is 24.3 Å². The van der Waals surface area contributed by atoms with E-state index in [1.54, 1.807) is 32.5 Å². The molecule has 5 atom stereocenters. The zero-order valence-corrected chi connectivity index (χ0v) is 22.6. The average Bonchev–Trinajstić information content (AvgIpc) is 3.20. The van der Waals surface area contributed by atoms with Gasteiger partial charge < -0.3 is 39.0 Å². The van der Waals surface area contributed by atoms with Gasteiger partial charge >= 0.3 is 12.2 Å². The average molecular weight is 555 g/mol. The molecule has 0 bridgehead atoms. The number of aliphatic hydroxyl groups is 3. The molecule has 1 saturated heterocycles. The predicted molar refractivity (Wildman–Crippen MR) is 135 cm³/mol. The molecule has 1 aromatic heterocycles. The lowest BCUT2D eigenvalue weighted by molar-refractivity contribution is -0.278. The van der Waals surface area contributed by atoms with Gasteiger partial charge in [0.25, 0.3) is 0 Å². The molecule has 13 heteroatoms. The summed E-state index contributed by atoms with van der Waals surface area (Å²) in [7, 11) is 0. The SMILES string of the molecule is CCOC(=O)OC[C@H]1OC(Oc2nn(C(=O)OCC)c(C)c2Cc2ccc(SCC)cc2)[C@H](O)[C@@H](O)[C@@H]1O. The van der Waals surface area contributed by atoms with Crippen LogP contribution < -0.4 is 4.74 Å². The third kappa shape index (κ3) is 7.17. The maximum Gasteiger partial charge on any atom is 0.508 e. The summed E-state index contributed by atoms with van der Waals surface area (Å²) in [6.07, 6.45) is -9.01. The van der Waals surface area contributed by atoms with Crippen molar-refractivity contribution < 1.29 is 48.6 Å². The molecule has 0 amide bonds. The van der Waals surface area contributed by atoms with Gasteiger partial charge in [-0.3, -0.25) is 0 Å². The zero-order chi connectivity index (χ0) is 27.8. The lowest BCUT2D eigenvalue weighted by Crippen LogP contribution is -2.60. The number of hydrogen-bond donors (Lipinski definition) is 3. The first-order chi connectivity index (χ1) is 18.2. The van der Waals surface area contributed by atoms with Crippen molar-refractivity contribution in [2.45, 2.75) is 69.7 Å². The number of aliphatic hydroxyl groups excluding tert-OH is 3. The summed E-state index contributed by atoms with van der Waals surface area (Å²) in [5, 5.41) is 35.5. The van der Waals surface area contributed by atoms with Gasteiger partial charge in [-0.15, -0.1) is 16.9 Å². The van der Waals surface area contributed by atoms with Crippen molar-refractivity contribution in [1.29, 1.82) is 0 Å². The van der Waals surface area contributed by atoms with E-state index < -0.39 is 49.6 Å². The molecule has 0 aliphatic carbocycles. The predicted octanol–water partition coefficient (Wildman–Crippen LogP) is 2.26. The molecule has 1 aromatic carbocycles. The molecule has 1 fully saturated rings. The Balaban J connectivity index is 1.87. The monoisotopic (exact) mass is 554 g/mol. The fraction of sp³-hybridized carbons (Fsp3) is 0.560. The summed E-state index contributed by atoms with van der Waals surface area (Å²) < 4.78 is 27.2. The topological polar surface area (TPSA) is 159 Å². The molecule has 3 N–H and O–H groups in total. The Morgan fingerprint density at radius 2 is 1.68 bits per heavy atom. The first-order valence-electron chi connectivity index (χ1n) is 12.3. The summed E-state index contributed by atoms with van der Waals surface area (Å²) in [6.45, 7) is 6.78. The Morgan fingerprint density at radius 3 is 2.32 bits per heavy atom. The second-order valence-corrected chi connectivity index (χ2v) is 9.70. The molecule has 0 spiro atoms. The van der Waals surface area contributed by atoms with Crippen LogP contribution in [0.5, 0.6) is 5.88 Å². The van der Waals surface area contributed by atoms with Crippen LogP contribution in [0.15, 0.2) is 29.2 Å². The molecule has 2 heterocycles. The van der Waals surface area contributed by atoms with Crippen molar-refractivity contribution in [2.24, 2.45) is 0 Å². The summed E-state index contributed by atoms with van der Waals surface area (Å²) in [4.78, 5) is 25.2. The minimum absolute atomic E-state index is 0.0275. The van der Waals surface area contributed by atoms with Crippen LogP contribution in [0.1, 0.15) is 37.6 Å². The Morgan fingerprint density at radius 1 is 1.00 bits per heavy atom. The summed E-state index contributed by atoms with van der Waals surface area (Å²) in [5.74, 6) is 0.916. The van der Waals surface area contributed by atoms with Gasteiger partial charge in [0.2, 0.25) is 12.2 Å². The van der Waals surface area contributed by atoms with E-state index in [0.717, 1.165) is 20.9 Å². The van der Waals surface area contributed by atoms with Crippen molar-refractivity contribution in [1.82, 2.24) is 9.78 Å². The second-order valence-electron chi connectivity index (χ2n) is 8.36. The molecule has 12 nitrogen and oxygen atoms in total. The molecule has 1 aliphatic heterocycles. The first kappa shape index (κ1) is 29.7. The lowest BCUT2D eigenvalue weighted by Gasteiger charge is -2.39. The number of benzene rings is 1. The van der Waals surface area contributed by atoms with Crippen molar-refractivity contribution in [3.05, 3.63) is 41.1 Å². The van der Waals surface area contributed by atoms with Gasteiger partial charge in [-0.05, 0) is 44.2 Å². The summed E-state index contributed by atoms with van der Waals surface area (Å²) in [5.41, 5.74) is 1.91. The highest BCUT2D eigenvalue weighted by molar-refractivity contribution is 7.99. The van der Waals surface area contributed by atoms with Crippen molar-refractivity contribution in [2.75, 3.05) is 25.6 Å². The Kier molecular flexibility index (Phi) is 10.8. The fourth-order valence-electron chi connectivity index (χ4n) is 3.81. The fourth-order valence-corrected chi connectivity index (χ4v) is 4.48. The molecule has 0 saturated carbocycles. The van der Waals surface area contributed by atoms with Crippen LogP contribution in [0, 0.1) is 6.92 Å². The largest absolute Gasteiger partial charge is 0.508 e. The van der Waals surface area contributed by atoms with Gasteiger partial charge in [-0.2, -0.15) is 4.68 Å². The van der Waals surface area contributed by atoms with Gasteiger partial charge in [0, 0.05) is 16.9 Å². The van der Waals surface area contributed by atoms with Crippen LogP contribution in [0.4, 0.5) is 9.59 Å². The van der Waals surface area contributed by atoms with E-state index in [9.17, 15) is 24.9 Å². The van der Waals surface area contributed by atoms with E-state index >= 15 is 0 Å². The van der Waals surface area contributed by atoms with E-state index in [0.29, 0.717) is 17.7 Å². The van der Waals surface area contributed by atoms with Crippen LogP contribution in [-0.2, 0) is 25.4 Å². The van der Waals surface area contributed by atoms with E-state index in [1.165, 1.54) is 0 Å². The molecular weight excluding hydrogens is 520 g/mol. The minimum Gasteiger partial charge on any atom is -0.448 e. The molecule has 38 heavy (non-hydrogen) atoms. The smallest absolute Gasteiger partial charge is 0.448 e. The molecule has 1 aliphatic rings. The standard InChI is InChI=1S/C25H34N2O10S/c1-5-33-24(31)27-14(4)17(12-15-8-10-16(11-9-15)38-7-3)22(26-27)37-23-21(30)20(29)19(28)18(36-23)13-35-25(32)34-6-2/h8-11,18-21,23,28-30H,5-7,12-13H2,1-4H3/t18-,19-,20+,21-,23?/m1/s1. The number of carbonyl (C=O) groups is 2. The minimum atomic E-state index is -1.68. The number of rotatable bonds is 10. The van der Waals surface area contributed by atoms with E-state index in [4.69, 9.17) is 23.7 Å². The summed E-state index contributed by atoms with van der Waals surface area (Å²) in [6, 6.07) is 7.90. The quantitative estimate of drug-likeness (QED) is 0.291. The number of hydrogen-bond acceptors (Lipinski definition) is 12. The van der Waals surface area contributed by atoms with Gasteiger partial charge in [0.15, 0.2) is 0 Å². The highest BCUT2D eigenvalue weighted by Gasteiger charge is 2.46. The summed E-state index contributed by atoms with van der Waals surface area (Å²) >= 11 is 1.71. The highest BCUT2D eigenvalue weighted by Crippen LogP contribution is 2.30. The van der Waals surface area contributed by atoms with E-state index in [-0.39, 0.29) is 19.1 Å². The van der Waals surface area contributed by atoms with Crippen LogP contribution in [0.2, 0.25) is 0 Å². The van der Waals surface area contributed by atoms with Crippen LogP contribution in [0.3, 0.4) is 0 Å². The number of ether oxygens (including phenoxy) is 5.